The van der Waals surface area contributed by atoms with Gasteiger partial charge in [0.05, 0.1) is 12.2 Å². The van der Waals surface area contributed by atoms with E-state index in [4.69, 9.17) is 4.74 Å². The second kappa shape index (κ2) is 4.60. The van der Waals surface area contributed by atoms with Crippen molar-refractivity contribution in [3.63, 3.8) is 0 Å². The molecule has 104 valence electrons. The van der Waals surface area contributed by atoms with Crippen molar-refractivity contribution in [2.45, 2.75) is 44.6 Å². The van der Waals surface area contributed by atoms with Crippen molar-refractivity contribution in [2.75, 3.05) is 6.61 Å². The van der Waals surface area contributed by atoms with Gasteiger partial charge >= 0.3 is 0 Å². The fraction of sp³-hybridized carbons (Fsp3) is 0.474. The molecule has 2 atom stereocenters. The van der Waals surface area contributed by atoms with E-state index >= 15 is 0 Å². The summed E-state index contributed by atoms with van der Waals surface area (Å²) in [6, 6.07) is 9.01. The van der Waals surface area contributed by atoms with Crippen LogP contribution in [-0.2, 0) is 11.2 Å². The first kappa shape index (κ1) is 12.4. The number of benzene rings is 1. The SMILES string of the molecule is CC1(CC2CCc3ccccc3C3=C2C=CCC3)CO1. The Morgan fingerprint density at radius 1 is 1.25 bits per heavy atom. The van der Waals surface area contributed by atoms with E-state index in [2.05, 4.69) is 43.3 Å². The monoisotopic (exact) mass is 266 g/mol. The second-order valence-electron chi connectivity index (χ2n) is 6.71. The van der Waals surface area contributed by atoms with Gasteiger partial charge in [-0.2, -0.15) is 0 Å². The van der Waals surface area contributed by atoms with Gasteiger partial charge in [0.1, 0.15) is 0 Å². The zero-order valence-electron chi connectivity index (χ0n) is 12.2. The Labute approximate surface area is 121 Å². The molecule has 0 aromatic heterocycles. The van der Waals surface area contributed by atoms with Gasteiger partial charge < -0.3 is 4.74 Å². The van der Waals surface area contributed by atoms with Crippen LogP contribution in [0.3, 0.4) is 0 Å². The number of epoxide rings is 1. The Kier molecular flexibility index (Phi) is 2.85. The molecule has 1 aromatic rings. The van der Waals surface area contributed by atoms with Crippen molar-refractivity contribution in [1.29, 1.82) is 0 Å². The first-order valence-corrected chi connectivity index (χ1v) is 7.87. The van der Waals surface area contributed by atoms with Crippen LogP contribution >= 0.6 is 0 Å². The van der Waals surface area contributed by atoms with Crippen LogP contribution in [0.4, 0.5) is 0 Å². The van der Waals surface area contributed by atoms with Crippen molar-refractivity contribution in [3.05, 3.63) is 53.1 Å². The Bertz CT molecular complexity index is 590. The minimum Gasteiger partial charge on any atom is -0.370 e. The van der Waals surface area contributed by atoms with Gasteiger partial charge in [0, 0.05) is 0 Å². The van der Waals surface area contributed by atoms with E-state index in [1.807, 2.05) is 0 Å². The van der Waals surface area contributed by atoms with E-state index in [1.165, 1.54) is 37.7 Å². The Balaban J connectivity index is 1.76. The minimum atomic E-state index is 0.157. The molecule has 0 N–H and O–H groups in total. The van der Waals surface area contributed by atoms with Gasteiger partial charge in [-0.05, 0) is 67.2 Å². The Hall–Kier alpha value is -1.34. The van der Waals surface area contributed by atoms with Gasteiger partial charge in [-0.3, -0.25) is 0 Å². The third kappa shape index (κ3) is 2.14. The Morgan fingerprint density at radius 3 is 2.95 bits per heavy atom. The lowest BCUT2D eigenvalue weighted by molar-refractivity contribution is 0.279. The van der Waals surface area contributed by atoms with E-state index in [-0.39, 0.29) is 5.60 Å². The highest BCUT2D eigenvalue weighted by molar-refractivity contribution is 5.75. The highest BCUT2D eigenvalue weighted by Crippen LogP contribution is 2.44. The number of rotatable bonds is 2. The third-order valence-electron chi connectivity index (χ3n) is 5.07. The minimum absolute atomic E-state index is 0.157. The quantitative estimate of drug-likeness (QED) is 0.716. The van der Waals surface area contributed by atoms with Crippen molar-refractivity contribution in [3.8, 4) is 0 Å². The predicted molar refractivity (Wildman–Crippen MR) is 82.5 cm³/mol. The van der Waals surface area contributed by atoms with E-state index in [0.717, 1.165) is 6.61 Å². The maximum Gasteiger partial charge on any atom is 0.0894 e. The van der Waals surface area contributed by atoms with Gasteiger partial charge in [-0.1, -0.05) is 36.4 Å². The summed E-state index contributed by atoms with van der Waals surface area (Å²) in [5.41, 5.74) is 6.41. The standard InChI is InChI=1S/C19H22O/c1-19(13-20-19)12-15-11-10-14-6-2-3-7-16(14)18-9-5-4-8-17(15)18/h2-4,6-8,15H,5,9-13H2,1H3. The number of hydrogen-bond donors (Lipinski definition) is 0. The molecule has 1 aliphatic heterocycles. The molecule has 2 unspecified atom stereocenters. The normalized spacial score (nSPS) is 31.6. The van der Waals surface area contributed by atoms with Gasteiger partial charge in [-0.25, -0.2) is 0 Å². The molecule has 0 bridgehead atoms. The summed E-state index contributed by atoms with van der Waals surface area (Å²) in [6.45, 7) is 3.21. The fourth-order valence-electron chi connectivity index (χ4n) is 3.85. The summed E-state index contributed by atoms with van der Waals surface area (Å²) in [5.74, 6) is 0.668. The molecule has 20 heavy (non-hydrogen) atoms. The summed E-state index contributed by atoms with van der Waals surface area (Å²) in [7, 11) is 0. The van der Waals surface area contributed by atoms with Crippen LogP contribution in [-0.4, -0.2) is 12.2 Å². The van der Waals surface area contributed by atoms with Crippen LogP contribution in [0.15, 0.2) is 42.0 Å². The summed E-state index contributed by atoms with van der Waals surface area (Å²) in [4.78, 5) is 0. The molecule has 4 rings (SSSR count). The lowest BCUT2D eigenvalue weighted by atomic mass is 9.81. The molecule has 3 aliphatic rings. The molecular weight excluding hydrogens is 244 g/mol. The van der Waals surface area contributed by atoms with Gasteiger partial charge in [0.2, 0.25) is 0 Å². The van der Waals surface area contributed by atoms with Crippen LogP contribution in [0.1, 0.15) is 43.7 Å². The molecular formula is C19H22O. The number of hydrogen-bond acceptors (Lipinski definition) is 1. The number of aryl methyl sites for hydroxylation is 1. The summed E-state index contributed by atoms with van der Waals surface area (Å²) >= 11 is 0. The lowest BCUT2D eigenvalue weighted by Gasteiger charge is -2.23. The third-order valence-corrected chi connectivity index (χ3v) is 5.07. The van der Waals surface area contributed by atoms with Crippen molar-refractivity contribution >= 4 is 5.57 Å². The molecule has 1 heteroatoms. The molecule has 0 amide bonds. The number of allylic oxidation sites excluding steroid dienone is 4. The molecule has 1 nitrogen and oxygen atoms in total. The molecule has 1 heterocycles. The zero-order valence-corrected chi connectivity index (χ0v) is 12.2. The maximum atomic E-state index is 5.65. The van der Waals surface area contributed by atoms with E-state index in [1.54, 1.807) is 16.7 Å². The van der Waals surface area contributed by atoms with Crippen molar-refractivity contribution in [1.82, 2.24) is 0 Å². The van der Waals surface area contributed by atoms with Crippen molar-refractivity contribution in [2.24, 2.45) is 5.92 Å². The van der Waals surface area contributed by atoms with E-state index in [0.29, 0.717) is 5.92 Å². The summed E-state index contributed by atoms with van der Waals surface area (Å²) < 4.78 is 5.65. The van der Waals surface area contributed by atoms with Crippen molar-refractivity contribution < 1.29 is 4.74 Å². The fourth-order valence-corrected chi connectivity index (χ4v) is 3.85. The van der Waals surface area contributed by atoms with E-state index < -0.39 is 0 Å². The maximum absolute atomic E-state index is 5.65. The highest BCUT2D eigenvalue weighted by atomic mass is 16.6. The van der Waals surface area contributed by atoms with E-state index in [9.17, 15) is 0 Å². The smallest absolute Gasteiger partial charge is 0.0894 e. The van der Waals surface area contributed by atoms with Gasteiger partial charge in [0.25, 0.3) is 0 Å². The number of fused-ring (bicyclic) bond motifs is 2. The van der Waals surface area contributed by atoms with Crippen LogP contribution in [0.5, 0.6) is 0 Å². The zero-order chi connectivity index (χ0) is 13.6. The van der Waals surface area contributed by atoms with Gasteiger partial charge in [-0.15, -0.1) is 0 Å². The predicted octanol–water partition coefficient (Wildman–Crippen LogP) is 4.53. The first-order chi connectivity index (χ1) is 9.75. The molecule has 2 aliphatic carbocycles. The average molecular weight is 266 g/mol. The van der Waals surface area contributed by atoms with Crippen LogP contribution in [0.25, 0.3) is 5.57 Å². The molecule has 1 aromatic carbocycles. The Morgan fingerprint density at radius 2 is 2.10 bits per heavy atom. The van der Waals surface area contributed by atoms with Crippen LogP contribution < -0.4 is 0 Å². The molecule has 1 saturated heterocycles. The van der Waals surface area contributed by atoms with Gasteiger partial charge in [0.15, 0.2) is 0 Å². The average Bonchev–Trinajstić information content (AvgIpc) is 3.23. The second-order valence-corrected chi connectivity index (χ2v) is 6.71. The highest BCUT2D eigenvalue weighted by Gasteiger charge is 2.42. The topological polar surface area (TPSA) is 12.5 Å². The first-order valence-electron chi connectivity index (χ1n) is 7.87. The molecule has 0 spiro atoms. The molecule has 0 saturated carbocycles. The molecule has 1 fully saturated rings. The van der Waals surface area contributed by atoms with Crippen LogP contribution in [0, 0.1) is 5.92 Å². The largest absolute Gasteiger partial charge is 0.370 e. The summed E-state index contributed by atoms with van der Waals surface area (Å²) in [5, 5.41) is 0. The molecule has 0 radical (unpaired) electrons. The lowest BCUT2D eigenvalue weighted by Crippen LogP contribution is -2.16. The number of ether oxygens (including phenoxy) is 1. The van der Waals surface area contributed by atoms with Crippen LogP contribution in [0.2, 0.25) is 0 Å². The summed E-state index contributed by atoms with van der Waals surface area (Å²) in [6.07, 6.45) is 10.8.